The second-order valence-corrected chi connectivity index (χ2v) is 12.2. The number of benzene rings is 1. The van der Waals surface area contributed by atoms with Gasteiger partial charge in [0, 0.05) is 63.9 Å². The van der Waals surface area contributed by atoms with Crippen LogP contribution >= 0.6 is 11.8 Å². The van der Waals surface area contributed by atoms with Gasteiger partial charge in [-0.25, -0.2) is 22.7 Å². The monoisotopic (exact) mass is 504 g/mol. The smallest absolute Gasteiger partial charge is 0.266 e. The van der Waals surface area contributed by atoms with Gasteiger partial charge in [0.2, 0.25) is 10.0 Å². The van der Waals surface area contributed by atoms with Crippen LogP contribution in [0.2, 0.25) is 0 Å². The molecule has 0 bridgehead atoms. The number of carbonyl (C=O) groups is 1. The first kappa shape index (κ1) is 24.3. The zero-order valence-corrected chi connectivity index (χ0v) is 19.7. The summed E-state index contributed by atoms with van der Waals surface area (Å²) in [6.45, 7) is 3.36. The summed E-state index contributed by atoms with van der Waals surface area (Å²) in [4.78, 5) is 18.9. The molecule has 2 saturated heterocycles. The Bertz CT molecular complexity index is 1060. The average molecular weight is 505 g/mol. The van der Waals surface area contributed by atoms with Gasteiger partial charge in [0.15, 0.2) is 9.91 Å². The van der Waals surface area contributed by atoms with E-state index < -0.39 is 37.1 Å². The first-order valence-electron chi connectivity index (χ1n) is 10.6. The van der Waals surface area contributed by atoms with Crippen molar-refractivity contribution in [2.75, 3.05) is 45.9 Å². The molecule has 33 heavy (non-hydrogen) atoms. The number of nitrogens with zero attached hydrogens (tertiary/aromatic N) is 3. The molecule has 182 valence electrons. The second-order valence-electron chi connectivity index (χ2n) is 8.49. The van der Waals surface area contributed by atoms with E-state index in [0.717, 1.165) is 6.07 Å². The third kappa shape index (κ3) is 4.25. The maximum absolute atomic E-state index is 14.4. The molecule has 0 aliphatic carbocycles. The van der Waals surface area contributed by atoms with Crippen LogP contribution in [0, 0.1) is 11.6 Å². The van der Waals surface area contributed by atoms with Crippen LogP contribution in [0.15, 0.2) is 23.2 Å². The summed E-state index contributed by atoms with van der Waals surface area (Å²) < 4.78 is 58.6. The van der Waals surface area contributed by atoms with E-state index in [9.17, 15) is 27.2 Å². The standard InChI is InChI=1S/C20H26F2N4O5S2/c1-19(15-3-2-14(21)12-16(15)22)13-23-18(32-19)25-6-8-26(9-7-25)33(29,30)20(17(27)24-28)4-10-31-11-5-20/h2-3,12,28H,4-11,13H2,1H3,(H,24,27). The minimum absolute atomic E-state index is 0.0356. The molecule has 3 aliphatic rings. The van der Waals surface area contributed by atoms with Gasteiger partial charge in [0.25, 0.3) is 5.91 Å². The highest BCUT2D eigenvalue weighted by Gasteiger charge is 2.54. The number of halogens is 2. The van der Waals surface area contributed by atoms with Crippen LogP contribution < -0.4 is 5.48 Å². The SMILES string of the molecule is CC1(c2ccc(F)cc2F)CN=C(N2CCN(S(=O)(=O)C3(C(=O)NO)CCOCC3)CC2)S1. The van der Waals surface area contributed by atoms with E-state index in [4.69, 9.17) is 4.74 Å². The molecule has 1 unspecified atom stereocenters. The number of aliphatic imine (C=N–C) groups is 1. The van der Waals surface area contributed by atoms with Gasteiger partial charge in [0.05, 0.1) is 11.3 Å². The Balaban J connectivity index is 1.44. The molecule has 2 N–H and O–H groups in total. The van der Waals surface area contributed by atoms with Gasteiger partial charge in [-0.05, 0) is 13.0 Å². The van der Waals surface area contributed by atoms with E-state index >= 15 is 0 Å². The lowest BCUT2D eigenvalue weighted by atomic mass is 9.98. The van der Waals surface area contributed by atoms with Crippen LogP contribution in [0.4, 0.5) is 8.78 Å². The third-order valence-corrected chi connectivity index (χ3v) is 10.5. The van der Waals surface area contributed by atoms with Crippen molar-refractivity contribution in [1.82, 2.24) is 14.7 Å². The van der Waals surface area contributed by atoms with Gasteiger partial charge < -0.3 is 9.64 Å². The molecule has 3 heterocycles. The number of hydroxylamine groups is 1. The van der Waals surface area contributed by atoms with E-state index in [2.05, 4.69) is 4.99 Å². The Morgan fingerprint density at radius 2 is 1.88 bits per heavy atom. The van der Waals surface area contributed by atoms with Crippen molar-refractivity contribution in [3.63, 3.8) is 0 Å². The first-order chi connectivity index (χ1) is 15.6. The molecule has 0 aromatic heterocycles. The zero-order valence-electron chi connectivity index (χ0n) is 18.1. The molecule has 9 nitrogen and oxygen atoms in total. The largest absolute Gasteiger partial charge is 0.381 e. The van der Waals surface area contributed by atoms with Crippen LogP contribution in [0.25, 0.3) is 0 Å². The Morgan fingerprint density at radius 1 is 1.21 bits per heavy atom. The Morgan fingerprint density at radius 3 is 2.48 bits per heavy atom. The molecular weight excluding hydrogens is 478 g/mol. The number of amides is 1. The Labute approximate surface area is 195 Å². The quantitative estimate of drug-likeness (QED) is 0.469. The minimum atomic E-state index is -4.06. The lowest BCUT2D eigenvalue weighted by Crippen LogP contribution is -2.62. The normalized spacial score (nSPS) is 26.2. The van der Waals surface area contributed by atoms with Crippen molar-refractivity contribution in [3.05, 3.63) is 35.4 Å². The summed E-state index contributed by atoms with van der Waals surface area (Å²) in [6, 6.07) is 3.51. The summed E-state index contributed by atoms with van der Waals surface area (Å²) >= 11 is 1.37. The van der Waals surface area contributed by atoms with Crippen molar-refractivity contribution >= 4 is 32.9 Å². The summed E-state index contributed by atoms with van der Waals surface area (Å²) in [5, 5.41) is 9.85. The zero-order chi connectivity index (χ0) is 23.9. The lowest BCUT2D eigenvalue weighted by molar-refractivity contribution is -0.134. The van der Waals surface area contributed by atoms with Crippen LogP contribution in [-0.4, -0.2) is 84.6 Å². The number of carbonyl (C=O) groups excluding carboxylic acids is 1. The van der Waals surface area contributed by atoms with E-state index in [1.54, 1.807) is 0 Å². The molecule has 2 fully saturated rings. The van der Waals surface area contributed by atoms with Crippen molar-refractivity contribution in [2.45, 2.75) is 29.3 Å². The van der Waals surface area contributed by atoms with E-state index in [-0.39, 0.29) is 39.1 Å². The maximum atomic E-state index is 14.4. The number of ether oxygens (including phenoxy) is 1. The van der Waals surface area contributed by atoms with Crippen LogP contribution in [0.1, 0.15) is 25.3 Å². The molecule has 13 heteroatoms. The van der Waals surface area contributed by atoms with Crippen LogP contribution in [-0.2, 0) is 24.3 Å². The summed E-state index contributed by atoms with van der Waals surface area (Å²) in [7, 11) is -4.06. The van der Waals surface area contributed by atoms with Crippen LogP contribution in [0.5, 0.6) is 0 Å². The fourth-order valence-corrected chi connectivity index (χ4v) is 7.83. The fraction of sp³-hybridized carbons (Fsp3) is 0.600. The highest BCUT2D eigenvalue weighted by molar-refractivity contribution is 8.14. The molecule has 0 saturated carbocycles. The highest BCUT2D eigenvalue weighted by Crippen LogP contribution is 2.44. The number of hydrogen-bond acceptors (Lipinski definition) is 8. The molecule has 1 aromatic rings. The van der Waals surface area contributed by atoms with Gasteiger partial charge in [-0.15, -0.1) is 0 Å². The number of nitrogens with one attached hydrogen (secondary N) is 1. The third-order valence-electron chi connectivity index (χ3n) is 6.49. The number of rotatable bonds is 4. The topological polar surface area (TPSA) is 112 Å². The minimum Gasteiger partial charge on any atom is -0.381 e. The summed E-state index contributed by atoms with van der Waals surface area (Å²) in [6.07, 6.45) is -0.0713. The van der Waals surface area contributed by atoms with Crippen LogP contribution in [0.3, 0.4) is 0 Å². The number of amidine groups is 1. The first-order valence-corrected chi connectivity index (χ1v) is 12.8. The summed E-state index contributed by atoms with van der Waals surface area (Å²) in [5.41, 5.74) is 1.89. The number of piperazine rings is 1. The van der Waals surface area contributed by atoms with Crippen molar-refractivity contribution < 1.29 is 31.9 Å². The van der Waals surface area contributed by atoms with Gasteiger partial charge in [-0.1, -0.05) is 17.8 Å². The van der Waals surface area contributed by atoms with Crippen molar-refractivity contribution in [1.29, 1.82) is 0 Å². The molecule has 1 atom stereocenters. The second kappa shape index (κ2) is 9.10. The van der Waals surface area contributed by atoms with E-state index in [0.29, 0.717) is 30.4 Å². The lowest BCUT2D eigenvalue weighted by Gasteiger charge is -2.41. The number of sulfonamides is 1. The molecule has 1 amide bonds. The average Bonchev–Trinajstić information content (AvgIpc) is 3.21. The predicted octanol–water partition coefficient (Wildman–Crippen LogP) is 1.28. The van der Waals surface area contributed by atoms with Gasteiger partial charge in [-0.2, -0.15) is 4.31 Å². The molecule has 1 aromatic carbocycles. The number of thioether (sulfide) groups is 1. The molecule has 3 aliphatic heterocycles. The van der Waals surface area contributed by atoms with E-state index in [1.165, 1.54) is 33.7 Å². The highest BCUT2D eigenvalue weighted by atomic mass is 32.2. The maximum Gasteiger partial charge on any atom is 0.266 e. The predicted molar refractivity (Wildman–Crippen MR) is 118 cm³/mol. The molecule has 4 rings (SSSR count). The van der Waals surface area contributed by atoms with Crippen molar-refractivity contribution in [3.8, 4) is 0 Å². The van der Waals surface area contributed by atoms with Gasteiger partial charge >= 0.3 is 0 Å². The molecule has 0 spiro atoms. The molecular formula is C20H26F2N4O5S2. The van der Waals surface area contributed by atoms with Gasteiger partial charge in [0.1, 0.15) is 11.6 Å². The number of hydrogen-bond donors (Lipinski definition) is 2. The fourth-order valence-electron chi connectivity index (χ4n) is 4.48. The Hall–Kier alpha value is -1.80. The Kier molecular flexibility index (Phi) is 6.71. The summed E-state index contributed by atoms with van der Waals surface area (Å²) in [5.74, 6) is -2.21. The molecule has 0 radical (unpaired) electrons. The van der Waals surface area contributed by atoms with Crippen molar-refractivity contribution in [2.24, 2.45) is 4.99 Å². The van der Waals surface area contributed by atoms with Gasteiger partial charge in [-0.3, -0.25) is 15.0 Å². The van der Waals surface area contributed by atoms with E-state index in [1.807, 2.05) is 11.8 Å².